The van der Waals surface area contributed by atoms with E-state index in [0.29, 0.717) is 23.3 Å². The molecular formula is C17H17N3O3. The van der Waals surface area contributed by atoms with Crippen LogP contribution in [0.5, 0.6) is 5.75 Å². The van der Waals surface area contributed by atoms with Crippen molar-refractivity contribution in [2.75, 3.05) is 13.7 Å². The number of methoxy groups -OCH3 is 1. The molecule has 3 aromatic rings. The minimum atomic E-state index is -0.189. The first-order valence-electron chi connectivity index (χ1n) is 7.30. The fraction of sp³-hybridized carbons (Fsp3) is 0.235. The minimum absolute atomic E-state index is 0.189. The molecule has 0 spiro atoms. The van der Waals surface area contributed by atoms with Gasteiger partial charge in [0, 0.05) is 13.3 Å². The highest BCUT2D eigenvalue weighted by Gasteiger charge is 2.04. The Morgan fingerprint density at radius 1 is 1.17 bits per heavy atom. The topological polar surface area (TPSA) is 77.1 Å². The molecule has 0 aliphatic heterocycles. The number of aromatic amines is 1. The van der Waals surface area contributed by atoms with E-state index in [0.717, 1.165) is 12.2 Å². The molecular weight excluding hydrogens is 294 g/mol. The van der Waals surface area contributed by atoms with Gasteiger partial charge in [-0.1, -0.05) is 12.1 Å². The van der Waals surface area contributed by atoms with E-state index < -0.39 is 0 Å². The van der Waals surface area contributed by atoms with Crippen molar-refractivity contribution in [3.63, 3.8) is 0 Å². The standard InChI is InChI=1S/C17H17N3O3/c1-22-9-7-12-2-4-13(5-3-12)23-11-16-19-15-10-18-8-6-14(15)17(21)20-16/h2-6,8,10H,7,9,11H2,1H3,(H,19,20,21). The van der Waals surface area contributed by atoms with Gasteiger partial charge in [0.05, 0.1) is 23.7 Å². The Hall–Kier alpha value is -2.73. The third-order valence-electron chi connectivity index (χ3n) is 3.45. The third kappa shape index (κ3) is 3.73. The Morgan fingerprint density at radius 3 is 2.78 bits per heavy atom. The number of fused-ring (bicyclic) bond motifs is 1. The quantitative estimate of drug-likeness (QED) is 0.754. The number of ether oxygens (including phenoxy) is 2. The summed E-state index contributed by atoms with van der Waals surface area (Å²) in [5, 5.41) is 0.520. The van der Waals surface area contributed by atoms with Crippen LogP contribution in [0, 0.1) is 0 Å². The Bertz CT molecular complexity index is 844. The molecule has 2 aromatic heterocycles. The van der Waals surface area contributed by atoms with Gasteiger partial charge in [-0.2, -0.15) is 0 Å². The molecule has 23 heavy (non-hydrogen) atoms. The van der Waals surface area contributed by atoms with Crippen LogP contribution in [-0.2, 0) is 17.8 Å². The second-order valence-corrected chi connectivity index (χ2v) is 5.08. The number of H-pyrrole nitrogens is 1. The van der Waals surface area contributed by atoms with E-state index in [2.05, 4.69) is 15.0 Å². The Morgan fingerprint density at radius 2 is 2.00 bits per heavy atom. The molecule has 6 nitrogen and oxygen atoms in total. The SMILES string of the molecule is COCCc1ccc(OCc2nc3cnccc3c(=O)[nH]2)cc1. The molecule has 0 amide bonds. The lowest BCUT2D eigenvalue weighted by Crippen LogP contribution is -2.13. The number of hydrogen-bond acceptors (Lipinski definition) is 5. The molecule has 0 atom stereocenters. The maximum absolute atomic E-state index is 12.0. The second kappa shape index (κ2) is 7.02. The summed E-state index contributed by atoms with van der Waals surface area (Å²) in [6, 6.07) is 9.42. The first-order valence-corrected chi connectivity index (χ1v) is 7.30. The molecule has 1 aromatic carbocycles. The lowest BCUT2D eigenvalue weighted by atomic mass is 10.1. The van der Waals surface area contributed by atoms with Gasteiger partial charge in [-0.05, 0) is 30.2 Å². The Kier molecular flexibility index (Phi) is 4.63. The average molecular weight is 311 g/mol. The number of nitrogens with zero attached hydrogens (tertiary/aromatic N) is 2. The van der Waals surface area contributed by atoms with Crippen molar-refractivity contribution in [1.82, 2.24) is 15.0 Å². The van der Waals surface area contributed by atoms with Gasteiger partial charge in [0.2, 0.25) is 0 Å². The van der Waals surface area contributed by atoms with Crippen LogP contribution in [0.2, 0.25) is 0 Å². The van der Waals surface area contributed by atoms with Gasteiger partial charge < -0.3 is 14.5 Å². The maximum Gasteiger partial charge on any atom is 0.258 e. The molecule has 0 aliphatic carbocycles. The van der Waals surface area contributed by atoms with E-state index >= 15 is 0 Å². The largest absolute Gasteiger partial charge is 0.486 e. The zero-order chi connectivity index (χ0) is 16.1. The predicted molar refractivity (Wildman–Crippen MR) is 86.5 cm³/mol. The monoisotopic (exact) mass is 311 g/mol. The third-order valence-corrected chi connectivity index (χ3v) is 3.45. The first kappa shape index (κ1) is 15.2. The van der Waals surface area contributed by atoms with Crippen LogP contribution in [0.3, 0.4) is 0 Å². The van der Waals surface area contributed by atoms with Crippen molar-refractivity contribution in [1.29, 1.82) is 0 Å². The zero-order valence-corrected chi connectivity index (χ0v) is 12.8. The highest BCUT2D eigenvalue weighted by molar-refractivity contribution is 5.75. The van der Waals surface area contributed by atoms with Crippen LogP contribution < -0.4 is 10.3 Å². The summed E-state index contributed by atoms with van der Waals surface area (Å²) >= 11 is 0. The summed E-state index contributed by atoms with van der Waals surface area (Å²) in [6.07, 6.45) is 4.00. The molecule has 2 heterocycles. The van der Waals surface area contributed by atoms with E-state index in [1.807, 2.05) is 24.3 Å². The molecule has 3 rings (SSSR count). The van der Waals surface area contributed by atoms with Crippen molar-refractivity contribution in [2.45, 2.75) is 13.0 Å². The fourth-order valence-electron chi connectivity index (χ4n) is 2.23. The number of rotatable bonds is 6. The molecule has 0 saturated heterocycles. The molecule has 118 valence electrons. The number of benzene rings is 1. The lowest BCUT2D eigenvalue weighted by molar-refractivity contribution is 0.202. The lowest BCUT2D eigenvalue weighted by Gasteiger charge is -2.07. The smallest absolute Gasteiger partial charge is 0.258 e. The van der Waals surface area contributed by atoms with Crippen molar-refractivity contribution in [2.24, 2.45) is 0 Å². The molecule has 0 bridgehead atoms. The molecule has 0 radical (unpaired) electrons. The zero-order valence-electron chi connectivity index (χ0n) is 12.8. The van der Waals surface area contributed by atoms with Crippen LogP contribution in [-0.4, -0.2) is 28.7 Å². The molecule has 0 unspecified atom stereocenters. The van der Waals surface area contributed by atoms with Gasteiger partial charge in [-0.25, -0.2) is 4.98 Å². The van der Waals surface area contributed by atoms with Crippen molar-refractivity contribution in [3.8, 4) is 5.75 Å². The number of aromatic nitrogens is 3. The number of pyridine rings is 1. The number of nitrogens with one attached hydrogen (secondary N) is 1. The van der Waals surface area contributed by atoms with Crippen LogP contribution in [0.4, 0.5) is 0 Å². The average Bonchev–Trinajstić information content (AvgIpc) is 2.59. The van der Waals surface area contributed by atoms with E-state index in [4.69, 9.17) is 9.47 Å². The summed E-state index contributed by atoms with van der Waals surface area (Å²) in [5.74, 6) is 1.19. The van der Waals surface area contributed by atoms with Gasteiger partial charge in [-0.15, -0.1) is 0 Å². The van der Waals surface area contributed by atoms with Crippen LogP contribution in [0.1, 0.15) is 11.4 Å². The highest BCUT2D eigenvalue weighted by Crippen LogP contribution is 2.14. The number of hydrogen-bond donors (Lipinski definition) is 1. The van der Waals surface area contributed by atoms with E-state index in [1.54, 1.807) is 25.6 Å². The highest BCUT2D eigenvalue weighted by atomic mass is 16.5. The summed E-state index contributed by atoms with van der Waals surface area (Å²) in [7, 11) is 1.68. The molecule has 6 heteroatoms. The predicted octanol–water partition coefficient (Wildman–Crippen LogP) is 2.09. The molecule has 1 N–H and O–H groups in total. The van der Waals surface area contributed by atoms with Crippen LogP contribution in [0.15, 0.2) is 47.5 Å². The van der Waals surface area contributed by atoms with E-state index in [9.17, 15) is 4.79 Å². The van der Waals surface area contributed by atoms with Gasteiger partial charge in [0.25, 0.3) is 5.56 Å². The van der Waals surface area contributed by atoms with Crippen molar-refractivity contribution in [3.05, 3.63) is 64.5 Å². The molecule has 0 aliphatic rings. The second-order valence-electron chi connectivity index (χ2n) is 5.08. The summed E-state index contributed by atoms with van der Waals surface area (Å²) in [4.78, 5) is 23.0. The summed E-state index contributed by atoms with van der Waals surface area (Å²) in [5.41, 5.74) is 1.55. The molecule has 0 saturated carbocycles. The summed E-state index contributed by atoms with van der Waals surface area (Å²) in [6.45, 7) is 0.883. The molecule has 0 fully saturated rings. The Balaban J connectivity index is 1.69. The normalized spacial score (nSPS) is 10.8. The Labute approximate surface area is 133 Å². The van der Waals surface area contributed by atoms with E-state index in [1.165, 1.54) is 5.56 Å². The van der Waals surface area contributed by atoms with Crippen molar-refractivity contribution < 1.29 is 9.47 Å². The minimum Gasteiger partial charge on any atom is -0.486 e. The van der Waals surface area contributed by atoms with Gasteiger partial charge in [0.15, 0.2) is 0 Å². The maximum atomic E-state index is 12.0. The van der Waals surface area contributed by atoms with Gasteiger partial charge in [0.1, 0.15) is 18.2 Å². The van der Waals surface area contributed by atoms with Crippen LogP contribution >= 0.6 is 0 Å². The summed E-state index contributed by atoms with van der Waals surface area (Å²) < 4.78 is 10.7. The van der Waals surface area contributed by atoms with Crippen molar-refractivity contribution >= 4 is 10.9 Å². The first-order chi connectivity index (χ1) is 11.3. The van der Waals surface area contributed by atoms with E-state index in [-0.39, 0.29) is 12.2 Å². The fourth-order valence-corrected chi connectivity index (χ4v) is 2.23. The van der Waals surface area contributed by atoms with Gasteiger partial charge >= 0.3 is 0 Å². The van der Waals surface area contributed by atoms with Crippen LogP contribution in [0.25, 0.3) is 10.9 Å². The van der Waals surface area contributed by atoms with Gasteiger partial charge in [-0.3, -0.25) is 9.78 Å².